The van der Waals surface area contributed by atoms with Gasteiger partial charge in [-0.2, -0.15) is 0 Å². The predicted octanol–water partition coefficient (Wildman–Crippen LogP) is 3.84. The van der Waals surface area contributed by atoms with Crippen molar-refractivity contribution in [3.8, 4) is 0 Å². The Morgan fingerprint density at radius 2 is 2.04 bits per heavy atom. The highest BCUT2D eigenvalue weighted by atomic mass is 32.2. The van der Waals surface area contributed by atoms with Gasteiger partial charge >= 0.3 is 0 Å². The average molecular weight is 354 g/mol. The van der Waals surface area contributed by atoms with Gasteiger partial charge in [-0.3, -0.25) is 4.79 Å². The van der Waals surface area contributed by atoms with Crippen LogP contribution < -0.4 is 5.56 Å². The molecule has 0 bridgehead atoms. The lowest BCUT2D eigenvalue weighted by Crippen LogP contribution is -2.11. The Morgan fingerprint density at radius 1 is 1.21 bits per heavy atom. The summed E-state index contributed by atoms with van der Waals surface area (Å²) >= 11 is 3.25. The van der Waals surface area contributed by atoms with Crippen molar-refractivity contribution >= 4 is 44.2 Å². The summed E-state index contributed by atoms with van der Waals surface area (Å²) < 4.78 is 0. The second-order valence-corrected chi connectivity index (χ2v) is 7.63. The van der Waals surface area contributed by atoms with Crippen molar-refractivity contribution in [1.82, 2.24) is 19.9 Å². The number of benzene rings is 1. The number of rotatable bonds is 3. The summed E-state index contributed by atoms with van der Waals surface area (Å²) in [6.07, 6.45) is 1.59. The van der Waals surface area contributed by atoms with Gasteiger partial charge in [0.05, 0.1) is 16.7 Å². The largest absolute Gasteiger partial charge is 0.309 e. The molecule has 4 aromatic rings. The SMILES string of the molecule is Cc1sc2ncnc(SCc3nc4ccccc4c(=O)[nH]3)c2c1C. The Bertz CT molecular complexity index is 1120. The molecule has 0 amide bonds. The smallest absolute Gasteiger partial charge is 0.258 e. The first-order chi connectivity index (χ1) is 11.6. The Labute approximate surface area is 146 Å². The molecule has 0 aliphatic heterocycles. The highest BCUT2D eigenvalue weighted by Gasteiger charge is 2.13. The quantitative estimate of drug-likeness (QED) is 0.447. The summed E-state index contributed by atoms with van der Waals surface area (Å²) in [5.74, 6) is 1.21. The Morgan fingerprint density at radius 3 is 2.92 bits per heavy atom. The fourth-order valence-electron chi connectivity index (χ4n) is 2.60. The zero-order valence-corrected chi connectivity index (χ0v) is 14.8. The van der Waals surface area contributed by atoms with E-state index in [0.29, 0.717) is 22.5 Å². The van der Waals surface area contributed by atoms with Crippen LogP contribution >= 0.6 is 23.1 Å². The zero-order chi connectivity index (χ0) is 16.7. The minimum Gasteiger partial charge on any atom is -0.309 e. The number of H-pyrrole nitrogens is 1. The minimum atomic E-state index is -0.105. The zero-order valence-electron chi connectivity index (χ0n) is 13.2. The molecule has 1 N–H and O–H groups in total. The van der Waals surface area contributed by atoms with Gasteiger partial charge in [0.1, 0.15) is 22.0 Å². The van der Waals surface area contributed by atoms with Crippen molar-refractivity contribution in [1.29, 1.82) is 0 Å². The average Bonchev–Trinajstić information content (AvgIpc) is 2.88. The number of aromatic amines is 1. The van der Waals surface area contributed by atoms with Crippen LogP contribution in [0.25, 0.3) is 21.1 Å². The summed E-state index contributed by atoms with van der Waals surface area (Å²) in [5.41, 5.74) is 1.83. The number of fused-ring (bicyclic) bond motifs is 2. The van der Waals surface area contributed by atoms with E-state index >= 15 is 0 Å². The first-order valence-electron chi connectivity index (χ1n) is 7.45. The Kier molecular flexibility index (Phi) is 3.82. The van der Waals surface area contributed by atoms with Gasteiger partial charge in [-0.25, -0.2) is 15.0 Å². The van der Waals surface area contributed by atoms with Crippen LogP contribution in [0.5, 0.6) is 0 Å². The van der Waals surface area contributed by atoms with E-state index in [1.165, 1.54) is 10.4 Å². The highest BCUT2D eigenvalue weighted by Crippen LogP contribution is 2.35. The Balaban J connectivity index is 1.70. The van der Waals surface area contributed by atoms with Gasteiger partial charge in [0, 0.05) is 10.3 Å². The van der Waals surface area contributed by atoms with Crippen LogP contribution in [0.15, 0.2) is 40.4 Å². The minimum absolute atomic E-state index is 0.105. The number of aromatic nitrogens is 4. The number of nitrogens with one attached hydrogen (secondary N) is 1. The first kappa shape index (κ1) is 15.3. The molecule has 1 aromatic carbocycles. The lowest BCUT2D eigenvalue weighted by atomic mass is 10.2. The molecule has 3 aromatic heterocycles. The number of para-hydroxylation sites is 1. The van der Waals surface area contributed by atoms with Crippen molar-refractivity contribution < 1.29 is 0 Å². The number of thiophene rings is 1. The van der Waals surface area contributed by atoms with Gasteiger partial charge in [-0.1, -0.05) is 23.9 Å². The van der Waals surface area contributed by atoms with E-state index in [4.69, 9.17) is 0 Å². The van der Waals surface area contributed by atoms with E-state index in [-0.39, 0.29) is 5.56 Å². The van der Waals surface area contributed by atoms with Crippen LogP contribution in [0.2, 0.25) is 0 Å². The topological polar surface area (TPSA) is 71.5 Å². The standard InChI is InChI=1S/C17H14N4OS2/c1-9-10(2)24-17-14(9)16(18-8-19-17)23-7-13-20-12-6-4-3-5-11(12)15(22)21-13/h3-6,8H,7H2,1-2H3,(H,20,21,22). The summed E-state index contributed by atoms with van der Waals surface area (Å²) in [5, 5.41) is 2.64. The molecule has 0 radical (unpaired) electrons. The second kappa shape index (κ2) is 5.99. The van der Waals surface area contributed by atoms with Crippen LogP contribution in [0.3, 0.4) is 0 Å². The van der Waals surface area contributed by atoms with Crippen LogP contribution in [-0.4, -0.2) is 19.9 Å². The lowest BCUT2D eigenvalue weighted by molar-refractivity contribution is 1.03. The van der Waals surface area contributed by atoms with Crippen molar-refractivity contribution in [2.75, 3.05) is 0 Å². The van der Waals surface area contributed by atoms with Crippen LogP contribution in [0.4, 0.5) is 0 Å². The molecule has 0 spiro atoms. The number of aryl methyl sites for hydroxylation is 2. The molecule has 4 rings (SSSR count). The summed E-state index contributed by atoms with van der Waals surface area (Å²) in [7, 11) is 0. The number of nitrogens with zero attached hydrogens (tertiary/aromatic N) is 3. The van der Waals surface area contributed by atoms with E-state index in [9.17, 15) is 4.79 Å². The number of hydrogen-bond acceptors (Lipinski definition) is 6. The molecule has 0 fully saturated rings. The fourth-order valence-corrected chi connectivity index (χ4v) is 4.59. The van der Waals surface area contributed by atoms with E-state index in [0.717, 1.165) is 15.2 Å². The van der Waals surface area contributed by atoms with Crippen molar-refractivity contribution in [2.45, 2.75) is 24.6 Å². The third-order valence-corrected chi connectivity index (χ3v) is 6.05. The summed E-state index contributed by atoms with van der Waals surface area (Å²) in [4.78, 5) is 30.6. The monoisotopic (exact) mass is 354 g/mol. The molecule has 3 heterocycles. The van der Waals surface area contributed by atoms with Gasteiger partial charge in [-0.15, -0.1) is 11.3 Å². The molecule has 0 atom stereocenters. The third kappa shape index (κ3) is 2.59. The van der Waals surface area contributed by atoms with E-state index < -0.39 is 0 Å². The van der Waals surface area contributed by atoms with E-state index in [1.807, 2.05) is 18.2 Å². The van der Waals surface area contributed by atoms with E-state index in [2.05, 4.69) is 33.8 Å². The Hall–Kier alpha value is -2.25. The fraction of sp³-hybridized carbons (Fsp3) is 0.176. The molecule has 24 heavy (non-hydrogen) atoms. The molecule has 5 nitrogen and oxygen atoms in total. The summed E-state index contributed by atoms with van der Waals surface area (Å²) in [6.45, 7) is 4.19. The number of thioether (sulfide) groups is 1. The molecule has 0 unspecified atom stereocenters. The molecule has 0 saturated heterocycles. The molecule has 0 saturated carbocycles. The predicted molar refractivity (Wildman–Crippen MR) is 98.8 cm³/mol. The maximum Gasteiger partial charge on any atom is 0.258 e. The summed E-state index contributed by atoms with van der Waals surface area (Å²) in [6, 6.07) is 7.36. The van der Waals surface area contributed by atoms with Gasteiger partial charge in [0.15, 0.2) is 0 Å². The maximum absolute atomic E-state index is 12.2. The van der Waals surface area contributed by atoms with Gasteiger partial charge < -0.3 is 4.98 Å². The molecule has 7 heteroatoms. The van der Waals surface area contributed by atoms with Gasteiger partial charge in [0.2, 0.25) is 0 Å². The molecule has 0 aliphatic carbocycles. The molecular weight excluding hydrogens is 340 g/mol. The maximum atomic E-state index is 12.2. The highest BCUT2D eigenvalue weighted by molar-refractivity contribution is 7.98. The van der Waals surface area contributed by atoms with Crippen molar-refractivity contribution in [2.24, 2.45) is 0 Å². The van der Waals surface area contributed by atoms with Crippen LogP contribution in [-0.2, 0) is 5.75 Å². The van der Waals surface area contributed by atoms with Crippen molar-refractivity contribution in [3.05, 3.63) is 57.2 Å². The molecule has 0 aliphatic rings. The molecular formula is C17H14N4OS2. The van der Waals surface area contributed by atoms with Gasteiger partial charge in [-0.05, 0) is 31.5 Å². The number of hydrogen-bond donors (Lipinski definition) is 1. The van der Waals surface area contributed by atoms with Crippen molar-refractivity contribution in [3.63, 3.8) is 0 Å². The van der Waals surface area contributed by atoms with E-state index in [1.54, 1.807) is 35.5 Å². The normalized spacial score (nSPS) is 11.4. The van der Waals surface area contributed by atoms with Crippen LogP contribution in [0.1, 0.15) is 16.3 Å². The first-order valence-corrected chi connectivity index (χ1v) is 9.25. The molecule has 120 valence electrons. The lowest BCUT2D eigenvalue weighted by Gasteiger charge is -2.04. The third-order valence-electron chi connectivity index (χ3n) is 3.94. The second-order valence-electron chi connectivity index (χ2n) is 5.46. The van der Waals surface area contributed by atoms with Gasteiger partial charge in [0.25, 0.3) is 5.56 Å². The van der Waals surface area contributed by atoms with Crippen LogP contribution in [0, 0.1) is 13.8 Å².